The van der Waals surface area contributed by atoms with E-state index in [-0.39, 0.29) is 11.5 Å². The van der Waals surface area contributed by atoms with E-state index in [1.807, 2.05) is 0 Å². The van der Waals surface area contributed by atoms with E-state index in [2.05, 4.69) is 50.2 Å². The third kappa shape index (κ3) is 1.49. The van der Waals surface area contributed by atoms with Crippen molar-refractivity contribution in [3.05, 3.63) is 47.5 Å². The summed E-state index contributed by atoms with van der Waals surface area (Å²) in [5.74, 6) is 0. The molecule has 0 amide bonds. The zero-order valence-corrected chi connectivity index (χ0v) is 10.5. The molecule has 1 fully saturated rings. The monoisotopic (exact) mass is 225 g/mol. The molecule has 2 aromatic carbocycles. The Morgan fingerprint density at radius 2 is 1.71 bits per heavy atom. The molecular weight excluding hydrogens is 206 g/mol. The summed E-state index contributed by atoms with van der Waals surface area (Å²) < 4.78 is 0. The second-order valence-corrected chi connectivity index (χ2v) is 5.42. The Morgan fingerprint density at radius 1 is 1.06 bits per heavy atom. The van der Waals surface area contributed by atoms with E-state index in [0.717, 1.165) is 0 Å². The molecule has 2 N–H and O–H groups in total. The lowest BCUT2D eigenvalue weighted by Crippen LogP contribution is -2.31. The van der Waals surface area contributed by atoms with E-state index in [4.69, 9.17) is 5.73 Å². The Hall–Kier alpha value is -1.34. The highest BCUT2D eigenvalue weighted by Gasteiger charge is 2.48. The van der Waals surface area contributed by atoms with E-state index in [1.165, 1.54) is 34.7 Å². The average molecular weight is 225 g/mol. The van der Waals surface area contributed by atoms with Gasteiger partial charge in [-0.05, 0) is 48.6 Å². The second kappa shape index (κ2) is 3.58. The fourth-order valence-corrected chi connectivity index (χ4v) is 2.99. The molecule has 0 aromatic heterocycles. The summed E-state index contributed by atoms with van der Waals surface area (Å²) in [6.45, 7) is 4.32. The molecule has 0 radical (unpaired) electrons. The fourth-order valence-electron chi connectivity index (χ4n) is 2.99. The third-order valence-corrected chi connectivity index (χ3v) is 4.34. The first-order valence-corrected chi connectivity index (χ1v) is 6.39. The highest BCUT2D eigenvalue weighted by Crippen LogP contribution is 2.52. The minimum Gasteiger partial charge on any atom is -0.327 e. The summed E-state index contributed by atoms with van der Waals surface area (Å²) >= 11 is 0. The lowest BCUT2D eigenvalue weighted by atomic mass is 9.85. The largest absolute Gasteiger partial charge is 0.327 e. The molecule has 0 bridgehead atoms. The topological polar surface area (TPSA) is 26.0 Å². The van der Waals surface area contributed by atoms with Gasteiger partial charge in [0.25, 0.3) is 0 Å². The van der Waals surface area contributed by atoms with Crippen LogP contribution < -0.4 is 5.73 Å². The van der Waals surface area contributed by atoms with Gasteiger partial charge in [0.2, 0.25) is 0 Å². The summed E-state index contributed by atoms with van der Waals surface area (Å²) in [4.78, 5) is 0. The average Bonchev–Trinajstić information content (AvgIpc) is 3.11. The number of benzene rings is 2. The Labute approximate surface area is 103 Å². The number of nitrogens with two attached hydrogens (primary N) is 1. The van der Waals surface area contributed by atoms with Gasteiger partial charge in [-0.25, -0.2) is 0 Å². The molecular formula is C16H19N. The Bertz CT molecular complexity index is 565. The minimum absolute atomic E-state index is 0.243. The molecule has 1 heteroatoms. The molecule has 3 rings (SSSR count). The highest BCUT2D eigenvalue weighted by molar-refractivity contribution is 5.89. The maximum Gasteiger partial charge on any atom is 0.0108 e. The quantitative estimate of drug-likeness (QED) is 0.831. The summed E-state index contributed by atoms with van der Waals surface area (Å²) in [7, 11) is 0. The van der Waals surface area contributed by atoms with Crippen molar-refractivity contribution in [3.8, 4) is 0 Å². The first-order chi connectivity index (χ1) is 8.15. The van der Waals surface area contributed by atoms with Crippen molar-refractivity contribution in [2.24, 2.45) is 5.73 Å². The van der Waals surface area contributed by atoms with Crippen molar-refractivity contribution < 1.29 is 0 Å². The smallest absolute Gasteiger partial charge is 0.0108 e. The molecule has 1 aliphatic rings. The predicted octanol–water partition coefficient (Wildman–Crippen LogP) is 3.53. The van der Waals surface area contributed by atoms with Crippen molar-refractivity contribution in [3.63, 3.8) is 0 Å². The van der Waals surface area contributed by atoms with Crippen LogP contribution in [0.3, 0.4) is 0 Å². The number of hydrogen-bond acceptors (Lipinski definition) is 1. The minimum atomic E-state index is 0.243. The Morgan fingerprint density at radius 3 is 2.29 bits per heavy atom. The van der Waals surface area contributed by atoms with Crippen molar-refractivity contribution in [1.82, 2.24) is 0 Å². The summed E-state index contributed by atoms with van der Waals surface area (Å²) in [6, 6.07) is 13.5. The van der Waals surface area contributed by atoms with Crippen LogP contribution in [0.1, 0.15) is 30.9 Å². The van der Waals surface area contributed by atoms with Gasteiger partial charge in [0, 0.05) is 11.5 Å². The number of hydrogen-bond donors (Lipinski definition) is 1. The number of rotatable bonds is 2. The maximum atomic E-state index is 6.19. The molecule has 0 aliphatic heterocycles. The van der Waals surface area contributed by atoms with E-state index in [0.29, 0.717) is 0 Å². The zero-order valence-electron chi connectivity index (χ0n) is 10.5. The molecule has 1 saturated carbocycles. The van der Waals surface area contributed by atoms with Crippen LogP contribution in [0.5, 0.6) is 0 Å². The lowest BCUT2D eigenvalue weighted by molar-refractivity contribution is 0.560. The van der Waals surface area contributed by atoms with Crippen LogP contribution in [-0.2, 0) is 5.41 Å². The summed E-state index contributed by atoms with van der Waals surface area (Å²) in [5.41, 5.74) is 9.24. The molecule has 1 unspecified atom stereocenters. The standard InChI is InChI=1S/C16H19N/c1-11-7-8-15(16(9-10-16)12(2)17)14-6-4-3-5-13(11)14/h3-8,12H,9-10,17H2,1-2H3. The van der Waals surface area contributed by atoms with Gasteiger partial charge in [-0.3, -0.25) is 0 Å². The van der Waals surface area contributed by atoms with Crippen LogP contribution in [-0.4, -0.2) is 6.04 Å². The van der Waals surface area contributed by atoms with Crippen LogP contribution >= 0.6 is 0 Å². The summed E-state index contributed by atoms with van der Waals surface area (Å²) in [6.07, 6.45) is 2.47. The van der Waals surface area contributed by atoms with Gasteiger partial charge in [-0.15, -0.1) is 0 Å². The lowest BCUT2D eigenvalue weighted by Gasteiger charge is -2.22. The van der Waals surface area contributed by atoms with Gasteiger partial charge in [0.05, 0.1) is 0 Å². The van der Waals surface area contributed by atoms with Crippen LogP contribution in [0, 0.1) is 6.92 Å². The third-order valence-electron chi connectivity index (χ3n) is 4.34. The van der Waals surface area contributed by atoms with Gasteiger partial charge in [0.15, 0.2) is 0 Å². The molecule has 1 aliphatic carbocycles. The van der Waals surface area contributed by atoms with Crippen LogP contribution in [0.2, 0.25) is 0 Å². The number of aryl methyl sites for hydroxylation is 1. The van der Waals surface area contributed by atoms with Crippen LogP contribution in [0.25, 0.3) is 10.8 Å². The Kier molecular flexibility index (Phi) is 2.27. The van der Waals surface area contributed by atoms with Gasteiger partial charge in [-0.1, -0.05) is 36.4 Å². The van der Waals surface area contributed by atoms with Gasteiger partial charge >= 0.3 is 0 Å². The van der Waals surface area contributed by atoms with Crippen LogP contribution in [0.15, 0.2) is 36.4 Å². The van der Waals surface area contributed by atoms with Crippen molar-refractivity contribution in [2.75, 3.05) is 0 Å². The normalized spacial score (nSPS) is 19.2. The maximum absolute atomic E-state index is 6.19. The molecule has 0 heterocycles. The van der Waals surface area contributed by atoms with E-state index >= 15 is 0 Å². The molecule has 1 atom stereocenters. The molecule has 88 valence electrons. The highest BCUT2D eigenvalue weighted by atomic mass is 14.7. The molecule has 1 nitrogen and oxygen atoms in total. The van der Waals surface area contributed by atoms with E-state index < -0.39 is 0 Å². The predicted molar refractivity (Wildman–Crippen MR) is 73.2 cm³/mol. The van der Waals surface area contributed by atoms with Gasteiger partial charge in [-0.2, -0.15) is 0 Å². The van der Waals surface area contributed by atoms with Gasteiger partial charge < -0.3 is 5.73 Å². The van der Waals surface area contributed by atoms with Crippen molar-refractivity contribution in [1.29, 1.82) is 0 Å². The SMILES string of the molecule is Cc1ccc(C2(C(C)N)CC2)c2ccccc12. The first kappa shape index (κ1) is 10.8. The Balaban J connectivity index is 2.28. The molecule has 2 aromatic rings. The molecule has 17 heavy (non-hydrogen) atoms. The molecule has 0 saturated heterocycles. The first-order valence-electron chi connectivity index (χ1n) is 6.39. The van der Waals surface area contributed by atoms with Crippen molar-refractivity contribution >= 4 is 10.8 Å². The van der Waals surface area contributed by atoms with Crippen LogP contribution in [0.4, 0.5) is 0 Å². The summed E-state index contributed by atoms with van der Waals surface area (Å²) in [5, 5.41) is 2.76. The van der Waals surface area contributed by atoms with E-state index in [1.54, 1.807) is 0 Å². The van der Waals surface area contributed by atoms with Crippen molar-refractivity contribution in [2.45, 2.75) is 38.1 Å². The second-order valence-electron chi connectivity index (χ2n) is 5.42. The molecule has 0 spiro atoms. The van der Waals surface area contributed by atoms with E-state index in [9.17, 15) is 0 Å². The number of fused-ring (bicyclic) bond motifs is 1. The zero-order chi connectivity index (χ0) is 12.0. The fraction of sp³-hybridized carbons (Fsp3) is 0.375. The van der Waals surface area contributed by atoms with Gasteiger partial charge in [0.1, 0.15) is 0 Å².